The molecule has 0 bridgehead atoms. The van der Waals surface area contributed by atoms with Crippen LogP contribution >= 0.6 is 0 Å². The lowest BCUT2D eigenvalue weighted by Crippen LogP contribution is -2.13. The van der Waals surface area contributed by atoms with E-state index in [0.717, 1.165) is 19.0 Å². The Bertz CT molecular complexity index is 199. The molecular formula is C8H13N3. The van der Waals surface area contributed by atoms with Crippen molar-refractivity contribution in [1.29, 1.82) is 0 Å². The molecule has 1 N–H and O–H groups in total. The maximum atomic E-state index is 4.01. The fourth-order valence-electron chi connectivity index (χ4n) is 1.56. The Morgan fingerprint density at radius 1 is 1.64 bits per heavy atom. The van der Waals surface area contributed by atoms with Crippen LogP contribution in [0.2, 0.25) is 0 Å². The van der Waals surface area contributed by atoms with Gasteiger partial charge in [0, 0.05) is 18.9 Å². The number of hydrogen-bond acceptors (Lipinski definition) is 2. The summed E-state index contributed by atoms with van der Waals surface area (Å²) in [6.45, 7) is 3.46. The fourth-order valence-corrected chi connectivity index (χ4v) is 1.56. The van der Waals surface area contributed by atoms with Gasteiger partial charge in [0.15, 0.2) is 0 Å². The molecule has 0 unspecified atom stereocenters. The highest BCUT2D eigenvalue weighted by Crippen LogP contribution is 2.09. The van der Waals surface area contributed by atoms with E-state index in [1.807, 2.05) is 18.7 Å². The molecule has 2 rings (SSSR count). The van der Waals surface area contributed by atoms with E-state index in [1.54, 1.807) is 0 Å². The Morgan fingerprint density at radius 3 is 3.27 bits per heavy atom. The van der Waals surface area contributed by atoms with Crippen LogP contribution in [0.25, 0.3) is 0 Å². The molecule has 60 valence electrons. The highest BCUT2D eigenvalue weighted by molar-refractivity contribution is 4.78. The van der Waals surface area contributed by atoms with Crippen molar-refractivity contribution in [2.45, 2.75) is 13.0 Å². The van der Waals surface area contributed by atoms with Gasteiger partial charge in [-0.15, -0.1) is 0 Å². The van der Waals surface area contributed by atoms with Gasteiger partial charge in [0.1, 0.15) is 0 Å². The molecule has 0 radical (unpaired) electrons. The van der Waals surface area contributed by atoms with Crippen molar-refractivity contribution < 1.29 is 0 Å². The summed E-state index contributed by atoms with van der Waals surface area (Å²) >= 11 is 0. The number of nitrogens with one attached hydrogen (secondary N) is 1. The number of rotatable bonds is 2. The predicted octanol–water partition coefficient (Wildman–Crippen LogP) is 0.493. The normalized spacial score (nSPS) is 24.2. The molecule has 0 spiro atoms. The van der Waals surface area contributed by atoms with Crippen molar-refractivity contribution in [3.05, 3.63) is 18.7 Å². The lowest BCUT2D eigenvalue weighted by Gasteiger charge is -2.07. The SMILES string of the molecule is c1cn(C[C@@H]2CCNC2)cn1. The summed E-state index contributed by atoms with van der Waals surface area (Å²) in [7, 11) is 0. The summed E-state index contributed by atoms with van der Waals surface area (Å²) in [5, 5.41) is 3.35. The van der Waals surface area contributed by atoms with Crippen LogP contribution in [0.3, 0.4) is 0 Å². The van der Waals surface area contributed by atoms with E-state index in [9.17, 15) is 0 Å². The molecule has 1 fully saturated rings. The zero-order chi connectivity index (χ0) is 7.52. The molecule has 0 saturated carbocycles. The molecular weight excluding hydrogens is 138 g/mol. The van der Waals surface area contributed by atoms with Gasteiger partial charge in [-0.1, -0.05) is 0 Å². The van der Waals surface area contributed by atoms with Crippen molar-refractivity contribution >= 4 is 0 Å². The molecule has 1 aromatic heterocycles. The highest BCUT2D eigenvalue weighted by atomic mass is 15.0. The van der Waals surface area contributed by atoms with Crippen LogP contribution in [-0.2, 0) is 6.54 Å². The Morgan fingerprint density at radius 2 is 2.64 bits per heavy atom. The van der Waals surface area contributed by atoms with Crippen LogP contribution in [0.15, 0.2) is 18.7 Å². The van der Waals surface area contributed by atoms with Gasteiger partial charge in [0.05, 0.1) is 6.33 Å². The summed E-state index contributed by atoms with van der Waals surface area (Å²) in [6, 6.07) is 0. The Balaban J connectivity index is 1.90. The van der Waals surface area contributed by atoms with Gasteiger partial charge in [0.2, 0.25) is 0 Å². The molecule has 1 saturated heterocycles. The molecule has 1 aliphatic rings. The number of imidazole rings is 1. The van der Waals surface area contributed by atoms with Gasteiger partial charge in [-0.25, -0.2) is 4.98 Å². The van der Waals surface area contributed by atoms with Gasteiger partial charge >= 0.3 is 0 Å². The second-order valence-electron chi connectivity index (χ2n) is 3.12. The molecule has 1 aliphatic heterocycles. The second-order valence-corrected chi connectivity index (χ2v) is 3.12. The van der Waals surface area contributed by atoms with E-state index >= 15 is 0 Å². The van der Waals surface area contributed by atoms with Gasteiger partial charge < -0.3 is 9.88 Å². The van der Waals surface area contributed by atoms with Gasteiger partial charge in [0.25, 0.3) is 0 Å². The minimum Gasteiger partial charge on any atom is -0.337 e. The van der Waals surface area contributed by atoms with E-state index in [0.29, 0.717) is 0 Å². The lowest BCUT2D eigenvalue weighted by atomic mass is 10.1. The van der Waals surface area contributed by atoms with E-state index in [4.69, 9.17) is 0 Å². The van der Waals surface area contributed by atoms with Crippen molar-refractivity contribution in [2.24, 2.45) is 5.92 Å². The minimum absolute atomic E-state index is 0.809. The molecule has 2 heterocycles. The maximum Gasteiger partial charge on any atom is 0.0946 e. The number of nitrogens with zero attached hydrogens (tertiary/aromatic N) is 2. The zero-order valence-electron chi connectivity index (χ0n) is 6.53. The standard InChI is InChI=1S/C8H13N3/c1-2-9-5-8(1)6-11-4-3-10-7-11/h3-4,7-9H,1-2,5-6H2/t8-/m1/s1. The molecule has 1 atom stereocenters. The average Bonchev–Trinajstić information content (AvgIpc) is 2.60. The first-order valence-electron chi connectivity index (χ1n) is 4.11. The largest absolute Gasteiger partial charge is 0.337 e. The first-order valence-corrected chi connectivity index (χ1v) is 4.11. The van der Waals surface area contributed by atoms with E-state index in [2.05, 4.69) is 14.9 Å². The summed E-state index contributed by atoms with van der Waals surface area (Å²) in [4.78, 5) is 4.01. The lowest BCUT2D eigenvalue weighted by molar-refractivity contribution is 0.481. The van der Waals surface area contributed by atoms with Crippen LogP contribution in [0.5, 0.6) is 0 Å². The van der Waals surface area contributed by atoms with Crippen LogP contribution in [0.1, 0.15) is 6.42 Å². The molecule has 3 nitrogen and oxygen atoms in total. The van der Waals surface area contributed by atoms with Crippen LogP contribution < -0.4 is 5.32 Å². The predicted molar refractivity (Wildman–Crippen MR) is 43.2 cm³/mol. The fraction of sp³-hybridized carbons (Fsp3) is 0.625. The molecule has 0 aliphatic carbocycles. The Hall–Kier alpha value is -0.830. The summed E-state index contributed by atoms with van der Waals surface area (Å²) in [5.41, 5.74) is 0. The first-order chi connectivity index (χ1) is 5.45. The third-order valence-corrected chi connectivity index (χ3v) is 2.19. The van der Waals surface area contributed by atoms with E-state index in [1.165, 1.54) is 13.0 Å². The Labute approximate surface area is 66.4 Å². The first kappa shape index (κ1) is 6.85. The molecule has 1 aromatic rings. The minimum atomic E-state index is 0.809. The zero-order valence-corrected chi connectivity index (χ0v) is 6.53. The molecule has 3 heteroatoms. The summed E-state index contributed by atoms with van der Waals surface area (Å²) in [6.07, 6.45) is 7.05. The van der Waals surface area contributed by atoms with Crippen molar-refractivity contribution in [3.8, 4) is 0 Å². The van der Waals surface area contributed by atoms with E-state index < -0.39 is 0 Å². The second kappa shape index (κ2) is 3.05. The van der Waals surface area contributed by atoms with E-state index in [-0.39, 0.29) is 0 Å². The highest BCUT2D eigenvalue weighted by Gasteiger charge is 2.13. The van der Waals surface area contributed by atoms with Crippen LogP contribution in [0, 0.1) is 5.92 Å². The van der Waals surface area contributed by atoms with Gasteiger partial charge in [-0.05, 0) is 25.4 Å². The number of aromatic nitrogens is 2. The van der Waals surface area contributed by atoms with Crippen LogP contribution in [0.4, 0.5) is 0 Å². The molecule has 11 heavy (non-hydrogen) atoms. The third kappa shape index (κ3) is 1.60. The Kier molecular flexibility index (Phi) is 1.90. The molecule has 0 aromatic carbocycles. The average molecular weight is 151 g/mol. The number of hydrogen-bond donors (Lipinski definition) is 1. The van der Waals surface area contributed by atoms with Crippen molar-refractivity contribution in [3.63, 3.8) is 0 Å². The van der Waals surface area contributed by atoms with Crippen LogP contribution in [-0.4, -0.2) is 22.6 Å². The topological polar surface area (TPSA) is 29.9 Å². The quantitative estimate of drug-likeness (QED) is 0.666. The smallest absolute Gasteiger partial charge is 0.0946 e. The van der Waals surface area contributed by atoms with Crippen molar-refractivity contribution in [2.75, 3.05) is 13.1 Å². The third-order valence-electron chi connectivity index (χ3n) is 2.19. The van der Waals surface area contributed by atoms with Gasteiger partial charge in [-0.3, -0.25) is 0 Å². The van der Waals surface area contributed by atoms with Gasteiger partial charge in [-0.2, -0.15) is 0 Å². The monoisotopic (exact) mass is 151 g/mol. The maximum absolute atomic E-state index is 4.01. The van der Waals surface area contributed by atoms with Crippen molar-refractivity contribution in [1.82, 2.24) is 14.9 Å². The summed E-state index contributed by atoms with van der Waals surface area (Å²) in [5.74, 6) is 0.809. The molecule has 0 amide bonds. The summed E-state index contributed by atoms with van der Waals surface area (Å²) < 4.78 is 2.15.